The Hall–Kier alpha value is -4.15. The number of aryl methyl sites for hydroxylation is 1. The number of carbonyl (C=O) groups excluding carboxylic acids is 1. The lowest BCUT2D eigenvalue weighted by molar-refractivity contribution is 0.100. The van der Waals surface area contributed by atoms with Crippen LogP contribution in [0, 0.1) is 6.92 Å². The average Bonchev–Trinajstić information content (AvgIpc) is 3.29. The van der Waals surface area contributed by atoms with Crippen molar-refractivity contribution in [2.45, 2.75) is 6.92 Å². The number of rotatable bonds is 5. The van der Waals surface area contributed by atoms with Gasteiger partial charge in [-0.25, -0.2) is 4.98 Å². The van der Waals surface area contributed by atoms with Gasteiger partial charge in [0.05, 0.1) is 6.20 Å². The molecule has 4 aromatic heterocycles. The van der Waals surface area contributed by atoms with Crippen LogP contribution < -0.4 is 21.9 Å². The standard InChI is InChI=1S/C17H16N8O3/c1-9-6-14(23-28-9)24-5-3-4-11(17(24)27)21-12-7-13(19-2)25-16(22-12)10(8-20-25)15(18)26/h3-8,19H,1-2H3,(H2,18,26)(H,21,22). The van der Waals surface area contributed by atoms with Gasteiger partial charge in [0.15, 0.2) is 11.5 Å². The van der Waals surface area contributed by atoms with Crippen molar-refractivity contribution in [2.75, 3.05) is 17.7 Å². The number of nitrogens with one attached hydrogen (secondary N) is 2. The fourth-order valence-electron chi connectivity index (χ4n) is 2.75. The fraction of sp³-hybridized carbons (Fsp3) is 0.118. The molecule has 0 aliphatic heterocycles. The van der Waals surface area contributed by atoms with Gasteiger partial charge in [-0.15, -0.1) is 0 Å². The Balaban J connectivity index is 1.79. The molecule has 0 atom stereocenters. The molecular weight excluding hydrogens is 364 g/mol. The molecule has 4 heterocycles. The molecule has 1 amide bonds. The molecule has 0 saturated heterocycles. The van der Waals surface area contributed by atoms with Crippen LogP contribution >= 0.6 is 0 Å². The summed E-state index contributed by atoms with van der Waals surface area (Å²) in [6.07, 6.45) is 2.93. The van der Waals surface area contributed by atoms with Crippen LogP contribution in [0.2, 0.25) is 0 Å². The predicted molar refractivity (Wildman–Crippen MR) is 101 cm³/mol. The lowest BCUT2D eigenvalue weighted by Crippen LogP contribution is -2.21. The van der Waals surface area contributed by atoms with Gasteiger partial charge in [0.25, 0.3) is 11.5 Å². The van der Waals surface area contributed by atoms with Crippen LogP contribution in [0.3, 0.4) is 0 Å². The van der Waals surface area contributed by atoms with Gasteiger partial charge >= 0.3 is 0 Å². The molecule has 0 fully saturated rings. The Morgan fingerprint density at radius 1 is 1.32 bits per heavy atom. The van der Waals surface area contributed by atoms with E-state index in [1.54, 1.807) is 44.4 Å². The van der Waals surface area contributed by atoms with Gasteiger partial charge in [0.1, 0.15) is 28.6 Å². The van der Waals surface area contributed by atoms with Gasteiger partial charge in [0.2, 0.25) is 0 Å². The molecule has 0 bridgehead atoms. The monoisotopic (exact) mass is 380 g/mol. The highest BCUT2D eigenvalue weighted by molar-refractivity contribution is 5.98. The number of hydrogen-bond acceptors (Lipinski definition) is 8. The van der Waals surface area contributed by atoms with Crippen LogP contribution in [0.25, 0.3) is 11.5 Å². The SMILES string of the molecule is CNc1cc(Nc2cccn(-c3cc(C)on3)c2=O)nc2c(C(N)=O)cnn12. The Morgan fingerprint density at radius 2 is 2.14 bits per heavy atom. The molecule has 28 heavy (non-hydrogen) atoms. The maximum atomic E-state index is 12.8. The molecule has 0 saturated carbocycles. The minimum Gasteiger partial charge on any atom is -0.373 e. The summed E-state index contributed by atoms with van der Waals surface area (Å²) in [6.45, 7) is 1.74. The first kappa shape index (κ1) is 17.3. The van der Waals surface area contributed by atoms with E-state index in [-0.39, 0.29) is 22.5 Å². The van der Waals surface area contributed by atoms with Crippen LogP contribution in [0.4, 0.5) is 17.3 Å². The van der Waals surface area contributed by atoms with E-state index in [1.807, 2.05) is 0 Å². The summed E-state index contributed by atoms with van der Waals surface area (Å²) < 4.78 is 7.84. The lowest BCUT2D eigenvalue weighted by atomic mass is 10.3. The third kappa shape index (κ3) is 2.84. The van der Waals surface area contributed by atoms with Crippen molar-refractivity contribution in [1.29, 1.82) is 0 Å². The minimum absolute atomic E-state index is 0.170. The first-order valence-corrected chi connectivity index (χ1v) is 8.26. The van der Waals surface area contributed by atoms with E-state index in [0.717, 1.165) is 0 Å². The zero-order chi connectivity index (χ0) is 19.8. The molecule has 0 spiro atoms. The normalized spacial score (nSPS) is 10.9. The number of nitrogens with zero attached hydrogens (tertiary/aromatic N) is 5. The maximum absolute atomic E-state index is 12.8. The molecule has 4 rings (SSSR count). The van der Waals surface area contributed by atoms with Crippen LogP contribution in [0.15, 0.2) is 46.0 Å². The molecule has 0 aliphatic carbocycles. The van der Waals surface area contributed by atoms with E-state index in [1.165, 1.54) is 15.3 Å². The molecule has 0 aromatic carbocycles. The summed E-state index contributed by atoms with van der Waals surface area (Å²) in [6, 6.07) is 6.61. The van der Waals surface area contributed by atoms with Crippen LogP contribution in [0.5, 0.6) is 0 Å². The largest absolute Gasteiger partial charge is 0.373 e. The summed E-state index contributed by atoms with van der Waals surface area (Å²) >= 11 is 0. The van der Waals surface area contributed by atoms with Gasteiger partial charge in [0, 0.05) is 25.4 Å². The number of hydrogen-bond donors (Lipinski definition) is 3. The van der Waals surface area contributed by atoms with E-state index in [0.29, 0.717) is 23.2 Å². The van der Waals surface area contributed by atoms with Crippen molar-refractivity contribution in [2.24, 2.45) is 5.73 Å². The average molecular weight is 380 g/mol. The van der Waals surface area contributed by atoms with E-state index in [4.69, 9.17) is 10.3 Å². The van der Waals surface area contributed by atoms with Crippen molar-refractivity contribution in [3.8, 4) is 5.82 Å². The highest BCUT2D eigenvalue weighted by atomic mass is 16.5. The number of nitrogens with two attached hydrogens (primary N) is 1. The third-order valence-corrected chi connectivity index (χ3v) is 4.07. The zero-order valence-electron chi connectivity index (χ0n) is 15.0. The summed E-state index contributed by atoms with van der Waals surface area (Å²) in [4.78, 5) is 28.8. The predicted octanol–water partition coefficient (Wildman–Crippen LogP) is 1.06. The second kappa shape index (κ2) is 6.54. The number of aromatic nitrogens is 5. The molecule has 4 aromatic rings. The van der Waals surface area contributed by atoms with Gasteiger partial charge in [-0.05, 0) is 19.1 Å². The lowest BCUT2D eigenvalue weighted by Gasteiger charge is -2.10. The maximum Gasteiger partial charge on any atom is 0.280 e. The van der Waals surface area contributed by atoms with E-state index < -0.39 is 5.91 Å². The second-order valence-electron chi connectivity index (χ2n) is 5.95. The highest BCUT2D eigenvalue weighted by Gasteiger charge is 2.16. The molecule has 142 valence electrons. The first-order valence-electron chi connectivity index (χ1n) is 8.26. The first-order chi connectivity index (χ1) is 13.5. The van der Waals surface area contributed by atoms with E-state index in [9.17, 15) is 9.59 Å². The number of anilines is 3. The number of carbonyl (C=O) groups is 1. The summed E-state index contributed by atoms with van der Waals surface area (Å²) in [5.74, 6) is 1.21. The minimum atomic E-state index is -0.648. The van der Waals surface area contributed by atoms with Gasteiger partial charge in [-0.3, -0.25) is 14.2 Å². The summed E-state index contributed by atoms with van der Waals surface area (Å²) in [5, 5.41) is 13.9. The van der Waals surface area contributed by atoms with Crippen LogP contribution in [0.1, 0.15) is 16.1 Å². The Morgan fingerprint density at radius 3 is 2.82 bits per heavy atom. The summed E-state index contributed by atoms with van der Waals surface area (Å²) in [7, 11) is 1.70. The van der Waals surface area contributed by atoms with Gasteiger partial charge < -0.3 is 20.9 Å². The summed E-state index contributed by atoms with van der Waals surface area (Å²) in [5.41, 5.74) is 5.75. The van der Waals surface area contributed by atoms with Crippen molar-refractivity contribution in [3.63, 3.8) is 0 Å². The molecule has 11 heteroatoms. The molecule has 4 N–H and O–H groups in total. The molecule has 11 nitrogen and oxygen atoms in total. The van der Waals surface area contributed by atoms with Gasteiger partial charge in [-0.1, -0.05) is 5.16 Å². The number of fused-ring (bicyclic) bond motifs is 1. The zero-order valence-corrected chi connectivity index (χ0v) is 15.0. The van der Waals surface area contributed by atoms with Crippen LogP contribution in [-0.4, -0.2) is 37.3 Å². The van der Waals surface area contributed by atoms with Crippen molar-refractivity contribution >= 4 is 28.9 Å². The molecular formula is C17H16N8O3. The molecule has 0 radical (unpaired) electrons. The van der Waals surface area contributed by atoms with Crippen LogP contribution in [-0.2, 0) is 0 Å². The van der Waals surface area contributed by atoms with Crippen molar-refractivity contribution in [1.82, 2.24) is 24.3 Å². The quantitative estimate of drug-likeness (QED) is 0.466. The topological polar surface area (TPSA) is 145 Å². The fourth-order valence-corrected chi connectivity index (χ4v) is 2.75. The van der Waals surface area contributed by atoms with Gasteiger partial charge in [-0.2, -0.15) is 9.61 Å². The number of pyridine rings is 1. The molecule has 0 unspecified atom stereocenters. The third-order valence-electron chi connectivity index (χ3n) is 4.07. The van der Waals surface area contributed by atoms with Crippen molar-refractivity contribution < 1.29 is 9.32 Å². The smallest absolute Gasteiger partial charge is 0.280 e. The second-order valence-corrected chi connectivity index (χ2v) is 5.95. The van der Waals surface area contributed by atoms with Crippen molar-refractivity contribution in [3.05, 3.63) is 58.3 Å². The Bertz CT molecular complexity index is 1250. The molecule has 0 aliphatic rings. The Labute approximate surface area is 157 Å². The van der Waals surface area contributed by atoms with E-state index in [2.05, 4.69) is 25.9 Å². The number of primary amides is 1. The van der Waals surface area contributed by atoms with E-state index >= 15 is 0 Å². The Kier molecular flexibility index (Phi) is 4.03. The highest BCUT2D eigenvalue weighted by Crippen LogP contribution is 2.20. The number of amides is 1.